The number of carbonyl (C=O) groups excluding carboxylic acids is 1. The monoisotopic (exact) mass is 805 g/mol. The number of nitrogen functional groups attached to an aromatic ring is 2. The van der Waals surface area contributed by atoms with Gasteiger partial charge >= 0.3 is 19.8 Å². The quantitative estimate of drug-likeness (QED) is 0.0900. The fourth-order valence-corrected chi connectivity index (χ4v) is 8.91. The average molecular weight is 806 g/mol. The minimum absolute atomic E-state index is 0.0556. The lowest BCUT2D eigenvalue weighted by atomic mass is 10.1. The molecule has 52 heavy (non-hydrogen) atoms. The summed E-state index contributed by atoms with van der Waals surface area (Å²) in [6.07, 6.45) is -7.86. The standard InChI is InChI=1S/C25H33N11O12P2S2/c1-10(3-28-2)43-25(38)46-18-16-12(45-24(18)36-9-34-14-20(27)30-7-32-22(14)36)5-42-50(40,52)48-17-15(37)11(4-41-49(39,51)47-16)44-23(17)35-8-33-13-19(26)29-6-31-21(13)35/h6-12,15-18,23-24,28,37H,3-5H2,1-2H3,(H,39,51)(H,40,52)(H2,26,29,31)(H2,27,30,32)/t10?,11-,12-,15-,16-,17-,18-,23-,24-,49-,50-/m1/s1. The van der Waals surface area contributed by atoms with E-state index in [9.17, 15) is 19.0 Å². The van der Waals surface area contributed by atoms with Gasteiger partial charge in [0.1, 0.15) is 60.3 Å². The topological polar surface area (TPSA) is 297 Å². The van der Waals surface area contributed by atoms with Crippen LogP contribution >= 0.6 is 38.1 Å². The third-order valence-corrected chi connectivity index (χ3v) is 11.5. The first kappa shape index (κ1) is 37.1. The summed E-state index contributed by atoms with van der Waals surface area (Å²) in [5.41, 5.74) is 12.7. The van der Waals surface area contributed by atoms with E-state index in [0.717, 1.165) is 0 Å². The van der Waals surface area contributed by atoms with Crippen molar-refractivity contribution in [3.63, 3.8) is 0 Å². The second-order valence-corrected chi connectivity index (χ2v) is 17.5. The predicted octanol–water partition coefficient (Wildman–Crippen LogP) is 1.01. The van der Waals surface area contributed by atoms with Gasteiger partial charge in [-0.05, 0) is 14.0 Å². The van der Waals surface area contributed by atoms with E-state index in [4.69, 9.17) is 48.5 Å². The van der Waals surface area contributed by atoms with Gasteiger partial charge in [0.25, 0.3) is 0 Å². The molecule has 4 aromatic rings. The van der Waals surface area contributed by atoms with E-state index in [2.05, 4.69) is 59.7 Å². The lowest BCUT2D eigenvalue weighted by molar-refractivity contribution is -0.0670. The molecule has 11 atom stereocenters. The minimum Gasteiger partial charge on any atom is -0.430 e. The van der Waals surface area contributed by atoms with Crippen LogP contribution in [-0.4, -0.2) is 120 Å². The molecule has 0 spiro atoms. The number of aromatic nitrogens is 8. The van der Waals surface area contributed by atoms with Crippen molar-refractivity contribution in [2.75, 3.05) is 38.3 Å². The number of ether oxygens (including phenoxy) is 4. The summed E-state index contributed by atoms with van der Waals surface area (Å²) in [5, 5.41) is 14.2. The number of nitrogens with two attached hydrogens (primary N) is 2. The molecule has 7 rings (SSSR count). The summed E-state index contributed by atoms with van der Waals surface area (Å²) in [6, 6.07) is 0. The fourth-order valence-electron chi connectivity index (χ4n) is 5.96. The Labute approximate surface area is 303 Å². The lowest BCUT2D eigenvalue weighted by Gasteiger charge is -2.27. The molecule has 6 N–H and O–H groups in total. The molecule has 23 nitrogen and oxygen atoms in total. The van der Waals surface area contributed by atoms with E-state index in [0.29, 0.717) is 6.54 Å². The van der Waals surface area contributed by atoms with E-state index in [1.165, 1.54) is 34.4 Å². The number of nitrogens with zero attached hydrogens (tertiary/aromatic N) is 8. The van der Waals surface area contributed by atoms with Crippen LogP contribution in [0.1, 0.15) is 19.4 Å². The number of fused-ring (bicyclic) bond motifs is 5. The third kappa shape index (κ3) is 7.32. The molecule has 0 aliphatic carbocycles. The molecule has 2 bridgehead atoms. The van der Waals surface area contributed by atoms with Crippen LogP contribution in [0.25, 0.3) is 22.3 Å². The van der Waals surface area contributed by atoms with Gasteiger partial charge in [-0.2, -0.15) is 0 Å². The molecule has 0 radical (unpaired) electrons. The molecule has 3 aliphatic heterocycles. The highest BCUT2D eigenvalue weighted by atomic mass is 32.7. The summed E-state index contributed by atoms with van der Waals surface area (Å²) in [4.78, 5) is 37.8. The molecule has 0 saturated carbocycles. The second-order valence-electron chi connectivity index (χ2n) is 11.8. The van der Waals surface area contributed by atoms with Gasteiger partial charge in [0.2, 0.25) is 0 Å². The first-order valence-electron chi connectivity index (χ1n) is 15.4. The number of rotatable bonds is 6. The van der Waals surface area contributed by atoms with Crippen LogP contribution < -0.4 is 16.8 Å². The van der Waals surface area contributed by atoms with Gasteiger partial charge < -0.3 is 40.8 Å². The molecule has 4 aromatic heterocycles. The van der Waals surface area contributed by atoms with Crippen LogP contribution in [0.4, 0.5) is 16.4 Å². The van der Waals surface area contributed by atoms with Crippen LogP contribution in [0.5, 0.6) is 0 Å². The van der Waals surface area contributed by atoms with Gasteiger partial charge in [-0.1, -0.05) is 24.5 Å². The summed E-state index contributed by atoms with van der Waals surface area (Å²) in [6.45, 7) is -8.15. The first-order valence-corrected chi connectivity index (χ1v) is 20.8. The number of nitrogens with one attached hydrogen (secondary N) is 1. The third-order valence-electron chi connectivity index (χ3n) is 8.26. The maximum Gasteiger partial charge on any atom is 0.509 e. The van der Waals surface area contributed by atoms with Crippen molar-refractivity contribution in [2.24, 2.45) is 0 Å². The Kier molecular flexibility index (Phi) is 10.4. The molecule has 3 saturated heterocycles. The molecule has 3 aliphatic rings. The number of carbonyl (C=O) groups is 1. The molecule has 27 heteroatoms. The second kappa shape index (κ2) is 14.6. The van der Waals surface area contributed by atoms with E-state index in [-0.39, 0.29) is 34.0 Å². The van der Waals surface area contributed by atoms with Crippen LogP contribution in [0.15, 0.2) is 25.3 Å². The van der Waals surface area contributed by atoms with Crippen molar-refractivity contribution >= 4 is 78.2 Å². The maximum absolute atomic E-state index is 13.9. The fraction of sp³-hybridized carbons (Fsp3) is 0.560. The summed E-state index contributed by atoms with van der Waals surface area (Å²) in [7, 11) is 1.67. The number of anilines is 2. The van der Waals surface area contributed by atoms with E-state index in [1.54, 1.807) is 14.0 Å². The Bertz CT molecular complexity index is 2060. The highest BCUT2D eigenvalue weighted by molar-refractivity contribution is 8.44. The van der Waals surface area contributed by atoms with Crippen LogP contribution in [0.2, 0.25) is 0 Å². The molecule has 0 aromatic carbocycles. The molecule has 1 unspecified atom stereocenters. The van der Waals surface area contributed by atoms with Crippen molar-refractivity contribution < 1.29 is 56.1 Å². The van der Waals surface area contributed by atoms with Crippen LogP contribution in [0.3, 0.4) is 0 Å². The molecular formula is C25H33N11O12P2S2. The highest BCUT2D eigenvalue weighted by Gasteiger charge is 2.55. The van der Waals surface area contributed by atoms with Crippen molar-refractivity contribution in [2.45, 2.75) is 62.1 Å². The zero-order valence-corrected chi connectivity index (χ0v) is 30.7. The minimum atomic E-state index is -4.45. The Morgan fingerprint density at radius 3 is 2.06 bits per heavy atom. The van der Waals surface area contributed by atoms with Crippen LogP contribution in [-0.2, 0) is 46.2 Å². The maximum atomic E-state index is 13.9. The van der Waals surface area contributed by atoms with Gasteiger partial charge in [-0.3, -0.25) is 27.2 Å². The van der Waals surface area contributed by atoms with Crippen LogP contribution in [0, 0.1) is 0 Å². The molecular weight excluding hydrogens is 772 g/mol. The smallest absolute Gasteiger partial charge is 0.430 e. The Balaban J connectivity index is 1.22. The average Bonchev–Trinajstić information content (AvgIpc) is 3.85. The van der Waals surface area contributed by atoms with Gasteiger partial charge in [0.15, 0.2) is 41.5 Å². The van der Waals surface area contributed by atoms with Crippen molar-refractivity contribution in [3.05, 3.63) is 25.3 Å². The normalized spacial score (nSPS) is 34.6. The van der Waals surface area contributed by atoms with Crippen molar-refractivity contribution in [1.29, 1.82) is 0 Å². The van der Waals surface area contributed by atoms with Gasteiger partial charge in [0.05, 0.1) is 25.9 Å². The van der Waals surface area contributed by atoms with E-state index < -0.39 is 88.1 Å². The predicted molar refractivity (Wildman–Crippen MR) is 183 cm³/mol. The molecule has 0 amide bonds. The Hall–Kier alpha value is -3.19. The zero-order valence-electron chi connectivity index (χ0n) is 27.1. The largest absolute Gasteiger partial charge is 0.509 e. The van der Waals surface area contributed by atoms with Crippen molar-refractivity contribution in [1.82, 2.24) is 44.4 Å². The van der Waals surface area contributed by atoms with Gasteiger partial charge in [-0.25, -0.2) is 43.8 Å². The first-order chi connectivity index (χ1) is 24.7. The number of hydrogen-bond donors (Lipinski definition) is 6. The molecule has 3 fully saturated rings. The number of aliphatic hydroxyl groups is 1. The van der Waals surface area contributed by atoms with Gasteiger partial charge in [-0.15, -0.1) is 0 Å². The number of imidazole rings is 2. The zero-order chi connectivity index (χ0) is 36.9. The summed E-state index contributed by atoms with van der Waals surface area (Å²) < 4.78 is 76.8. The number of thiol groups is 2. The summed E-state index contributed by atoms with van der Waals surface area (Å²) >= 11 is 8.34. The molecule has 7 heterocycles. The van der Waals surface area contributed by atoms with E-state index in [1.807, 2.05) is 0 Å². The van der Waals surface area contributed by atoms with E-state index >= 15 is 0 Å². The Morgan fingerprint density at radius 2 is 1.46 bits per heavy atom. The lowest BCUT2D eigenvalue weighted by Crippen LogP contribution is -2.40. The van der Waals surface area contributed by atoms with Crippen molar-refractivity contribution in [3.8, 4) is 0 Å². The number of likely N-dealkylation sites (N-methyl/N-ethyl adjacent to an activating group) is 1. The van der Waals surface area contributed by atoms with Gasteiger partial charge in [0, 0.05) is 6.54 Å². The Morgan fingerprint density at radius 1 is 0.923 bits per heavy atom. The SMILES string of the molecule is CNCC(C)OC(=O)O[C@@H]1[C@@H]2O[P@](=O)(S)OC[C@H]3O[C@@H](n4cnc5c(N)ncnc54)[C@H](O[P@](=O)(S)OC[C@H]2O[C@H]1n1cnc2c(N)ncnc21)[C@@H]3O. The summed E-state index contributed by atoms with van der Waals surface area (Å²) in [5.74, 6) is 0.130. The molecule has 282 valence electrons. The number of hydrogen-bond acceptors (Lipinski definition) is 21. The highest BCUT2D eigenvalue weighted by Crippen LogP contribution is 2.60. The number of aliphatic hydroxyl groups excluding tert-OH is 1.